The summed E-state index contributed by atoms with van der Waals surface area (Å²) in [6.07, 6.45) is 4.74. The molecule has 0 aromatic heterocycles. The Hall–Kier alpha value is -1.85. The molecule has 2 aliphatic heterocycles. The highest BCUT2D eigenvalue weighted by Gasteiger charge is 2.31. The number of anilines is 1. The number of nitrogens with one attached hydrogen (secondary N) is 1. The van der Waals surface area contributed by atoms with Crippen LogP contribution in [-0.2, 0) is 11.3 Å². The maximum Gasteiger partial charge on any atom is 0.245 e. The summed E-state index contributed by atoms with van der Waals surface area (Å²) in [7, 11) is 0. The minimum Gasteiger partial charge on any atom is -0.396 e. The number of piperidine rings is 1. The second-order valence-corrected chi connectivity index (χ2v) is 7.12. The predicted octanol–water partition coefficient (Wildman–Crippen LogP) is 2.09. The first-order valence-electron chi connectivity index (χ1n) is 9.28. The van der Waals surface area contributed by atoms with Crippen molar-refractivity contribution in [2.75, 3.05) is 38.1 Å². The van der Waals surface area contributed by atoms with Crippen LogP contribution in [0.3, 0.4) is 0 Å². The first-order chi connectivity index (χ1) is 12.2. The van der Waals surface area contributed by atoms with E-state index < -0.39 is 0 Å². The van der Waals surface area contributed by atoms with E-state index in [1.54, 1.807) is 6.08 Å². The van der Waals surface area contributed by atoms with Crippen LogP contribution in [0.15, 0.2) is 36.9 Å². The van der Waals surface area contributed by atoms with E-state index in [1.165, 1.54) is 5.56 Å². The molecular weight excluding hydrogens is 314 g/mol. The Morgan fingerprint density at radius 1 is 1.20 bits per heavy atom. The number of aliphatic hydroxyl groups is 1. The van der Waals surface area contributed by atoms with Gasteiger partial charge in [-0.3, -0.25) is 9.69 Å². The maximum atomic E-state index is 12.5. The van der Waals surface area contributed by atoms with Crippen molar-refractivity contribution in [1.82, 2.24) is 9.80 Å². The van der Waals surface area contributed by atoms with Crippen LogP contribution in [0.25, 0.3) is 0 Å². The van der Waals surface area contributed by atoms with Crippen molar-refractivity contribution in [2.24, 2.45) is 5.92 Å². The molecule has 1 atom stereocenters. The van der Waals surface area contributed by atoms with Crippen LogP contribution in [0.1, 0.15) is 24.8 Å². The number of amides is 1. The summed E-state index contributed by atoms with van der Waals surface area (Å²) in [5, 5.41) is 12.7. The second kappa shape index (κ2) is 8.50. The largest absolute Gasteiger partial charge is 0.396 e. The molecule has 0 unspecified atom stereocenters. The quantitative estimate of drug-likeness (QED) is 0.745. The number of para-hydroxylation sites is 1. The molecule has 3 rings (SSSR count). The monoisotopic (exact) mass is 343 g/mol. The van der Waals surface area contributed by atoms with E-state index in [0.29, 0.717) is 19.1 Å². The number of carbonyl (C=O) groups is 1. The minimum atomic E-state index is -0.138. The van der Waals surface area contributed by atoms with Gasteiger partial charge in [0.05, 0.1) is 0 Å². The third-order valence-electron chi connectivity index (χ3n) is 5.35. The third-order valence-corrected chi connectivity index (χ3v) is 5.35. The molecule has 2 aliphatic rings. The van der Waals surface area contributed by atoms with Gasteiger partial charge in [0.25, 0.3) is 0 Å². The molecular formula is C20H29N3O2. The number of carbonyl (C=O) groups excluding carboxylic acids is 1. The molecule has 5 heteroatoms. The molecule has 1 aromatic carbocycles. The number of rotatable bonds is 7. The third kappa shape index (κ3) is 4.41. The van der Waals surface area contributed by atoms with E-state index in [2.05, 4.69) is 35.0 Å². The normalized spacial score (nSPS) is 22.4. The van der Waals surface area contributed by atoms with Gasteiger partial charge in [-0.2, -0.15) is 0 Å². The predicted molar refractivity (Wildman–Crippen MR) is 100 cm³/mol. The number of hydrogen-bond acceptors (Lipinski definition) is 4. The average molecular weight is 343 g/mol. The van der Waals surface area contributed by atoms with Gasteiger partial charge in [-0.15, -0.1) is 6.58 Å². The zero-order chi connectivity index (χ0) is 17.6. The summed E-state index contributed by atoms with van der Waals surface area (Å²) in [6, 6.07) is 8.15. The Balaban J connectivity index is 1.62. The van der Waals surface area contributed by atoms with Gasteiger partial charge < -0.3 is 15.3 Å². The van der Waals surface area contributed by atoms with Gasteiger partial charge in [-0.05, 0) is 49.9 Å². The molecule has 2 heterocycles. The van der Waals surface area contributed by atoms with Crippen LogP contribution >= 0.6 is 0 Å². The van der Waals surface area contributed by atoms with Crippen molar-refractivity contribution in [2.45, 2.75) is 31.8 Å². The van der Waals surface area contributed by atoms with Crippen molar-refractivity contribution < 1.29 is 9.90 Å². The van der Waals surface area contributed by atoms with Crippen molar-refractivity contribution >= 4 is 11.6 Å². The first-order valence-corrected chi connectivity index (χ1v) is 9.28. The SMILES string of the molecule is C=CCN1CC[C@@H](Nc2ccccc2CN2CCC(CO)CC2)C1=O. The summed E-state index contributed by atoms with van der Waals surface area (Å²) in [4.78, 5) is 16.7. The van der Waals surface area contributed by atoms with Gasteiger partial charge in [-0.1, -0.05) is 24.3 Å². The lowest BCUT2D eigenvalue weighted by Crippen LogP contribution is -2.35. The van der Waals surface area contributed by atoms with Gasteiger partial charge in [-0.25, -0.2) is 0 Å². The first kappa shape index (κ1) is 18.0. The molecule has 0 spiro atoms. The number of hydrogen-bond donors (Lipinski definition) is 2. The molecule has 1 aromatic rings. The summed E-state index contributed by atoms with van der Waals surface area (Å²) >= 11 is 0. The molecule has 2 N–H and O–H groups in total. The number of likely N-dealkylation sites (tertiary alicyclic amines) is 2. The topological polar surface area (TPSA) is 55.8 Å². The standard InChI is InChI=1S/C20H29N3O2/c1-2-10-23-13-9-19(20(23)25)21-18-6-4-3-5-17(18)14-22-11-7-16(15-24)8-12-22/h2-6,16,19,21,24H,1,7-15H2/t19-/m1/s1. The molecule has 0 radical (unpaired) electrons. The highest BCUT2D eigenvalue weighted by molar-refractivity contribution is 5.87. The molecule has 2 saturated heterocycles. The Bertz CT molecular complexity index is 596. The highest BCUT2D eigenvalue weighted by Crippen LogP contribution is 2.24. The van der Waals surface area contributed by atoms with Gasteiger partial charge in [0.2, 0.25) is 5.91 Å². The molecule has 25 heavy (non-hydrogen) atoms. The lowest BCUT2D eigenvalue weighted by Gasteiger charge is -2.31. The van der Waals surface area contributed by atoms with Gasteiger partial charge in [0, 0.05) is 31.9 Å². The summed E-state index contributed by atoms with van der Waals surface area (Å²) in [5.41, 5.74) is 2.30. The van der Waals surface area contributed by atoms with Crippen LogP contribution in [-0.4, -0.2) is 59.6 Å². The van der Waals surface area contributed by atoms with Crippen LogP contribution < -0.4 is 5.32 Å². The Labute approximate surface area is 150 Å². The smallest absolute Gasteiger partial charge is 0.245 e. The zero-order valence-electron chi connectivity index (χ0n) is 14.9. The fourth-order valence-electron chi connectivity index (χ4n) is 3.76. The lowest BCUT2D eigenvalue weighted by molar-refractivity contribution is -0.127. The van der Waals surface area contributed by atoms with E-state index >= 15 is 0 Å². The number of benzene rings is 1. The van der Waals surface area contributed by atoms with E-state index in [0.717, 1.165) is 51.1 Å². The number of nitrogens with zero attached hydrogens (tertiary/aromatic N) is 2. The molecule has 136 valence electrons. The molecule has 0 bridgehead atoms. The Morgan fingerprint density at radius 3 is 2.68 bits per heavy atom. The van der Waals surface area contributed by atoms with Gasteiger partial charge in [0.15, 0.2) is 0 Å². The molecule has 5 nitrogen and oxygen atoms in total. The highest BCUT2D eigenvalue weighted by atomic mass is 16.3. The molecule has 0 saturated carbocycles. The fraction of sp³-hybridized carbons (Fsp3) is 0.550. The average Bonchev–Trinajstić information content (AvgIpc) is 2.98. The molecule has 2 fully saturated rings. The van der Waals surface area contributed by atoms with E-state index in [4.69, 9.17) is 0 Å². The lowest BCUT2D eigenvalue weighted by atomic mass is 9.97. The van der Waals surface area contributed by atoms with Crippen molar-refractivity contribution in [3.8, 4) is 0 Å². The van der Waals surface area contributed by atoms with Crippen LogP contribution in [0.5, 0.6) is 0 Å². The Morgan fingerprint density at radius 2 is 1.96 bits per heavy atom. The summed E-state index contributed by atoms with van der Waals surface area (Å²) in [5.74, 6) is 0.620. The minimum absolute atomic E-state index is 0.138. The van der Waals surface area contributed by atoms with Gasteiger partial charge in [0.1, 0.15) is 6.04 Å². The molecule has 0 aliphatic carbocycles. The van der Waals surface area contributed by atoms with Crippen LogP contribution in [0, 0.1) is 5.92 Å². The van der Waals surface area contributed by atoms with Crippen LogP contribution in [0.4, 0.5) is 5.69 Å². The van der Waals surface area contributed by atoms with Crippen molar-refractivity contribution in [3.05, 3.63) is 42.5 Å². The summed E-state index contributed by atoms with van der Waals surface area (Å²) < 4.78 is 0. The fourth-order valence-corrected chi connectivity index (χ4v) is 3.76. The van der Waals surface area contributed by atoms with E-state index in [-0.39, 0.29) is 11.9 Å². The van der Waals surface area contributed by atoms with Gasteiger partial charge >= 0.3 is 0 Å². The molecule has 1 amide bonds. The summed E-state index contributed by atoms with van der Waals surface area (Å²) in [6.45, 7) is 8.37. The zero-order valence-corrected chi connectivity index (χ0v) is 14.9. The van der Waals surface area contributed by atoms with Crippen molar-refractivity contribution in [1.29, 1.82) is 0 Å². The second-order valence-electron chi connectivity index (χ2n) is 7.12. The van der Waals surface area contributed by atoms with Crippen LogP contribution in [0.2, 0.25) is 0 Å². The van der Waals surface area contributed by atoms with E-state index in [1.807, 2.05) is 11.0 Å². The maximum absolute atomic E-state index is 12.5. The van der Waals surface area contributed by atoms with Crippen molar-refractivity contribution in [3.63, 3.8) is 0 Å². The Kier molecular flexibility index (Phi) is 6.10. The number of aliphatic hydroxyl groups excluding tert-OH is 1. The van der Waals surface area contributed by atoms with E-state index in [9.17, 15) is 9.90 Å².